The van der Waals surface area contributed by atoms with E-state index in [0.29, 0.717) is 5.56 Å². The van der Waals surface area contributed by atoms with Crippen molar-refractivity contribution in [2.24, 2.45) is 0 Å². The van der Waals surface area contributed by atoms with E-state index in [4.69, 9.17) is 10.7 Å². The molecular weight excluding hydrogens is 192 g/mol. The second-order valence-electron chi connectivity index (χ2n) is 2.95. The molecule has 1 aliphatic heterocycles. The molecule has 0 aromatic heterocycles. The first kappa shape index (κ1) is 9.16. The molecule has 2 rings (SSSR count). The lowest BCUT2D eigenvalue weighted by molar-refractivity contribution is -0.129. The predicted octanol–water partition coefficient (Wildman–Crippen LogP) is 1.50. The first-order valence-electron chi connectivity index (χ1n) is 4.25. The Labute approximate surface area is 85.9 Å². The second kappa shape index (κ2) is 3.39. The largest absolute Gasteiger partial charge is 0.403 e. The molecule has 0 atom stereocenters. The van der Waals surface area contributed by atoms with Crippen molar-refractivity contribution in [3.8, 4) is 6.07 Å². The number of rotatable bonds is 1. The van der Waals surface area contributed by atoms with Crippen molar-refractivity contribution >= 4 is 17.4 Å². The van der Waals surface area contributed by atoms with Gasteiger partial charge in [-0.3, -0.25) is 5.41 Å². The highest BCUT2D eigenvalue weighted by Gasteiger charge is 2.31. The first-order valence-corrected chi connectivity index (χ1v) is 4.25. The Morgan fingerprint density at radius 3 is 2.53 bits per heavy atom. The highest BCUT2D eigenvalue weighted by molar-refractivity contribution is 6.33. The number of nitrogens with zero attached hydrogens (tertiary/aromatic N) is 1. The van der Waals surface area contributed by atoms with Gasteiger partial charge in [-0.25, -0.2) is 4.79 Å². The van der Waals surface area contributed by atoms with E-state index in [1.165, 1.54) is 0 Å². The minimum Gasteiger partial charge on any atom is -0.403 e. The molecule has 1 aliphatic rings. The number of carbonyl (C=O) groups is 1. The summed E-state index contributed by atoms with van der Waals surface area (Å²) in [7, 11) is 0. The third-order valence-corrected chi connectivity index (χ3v) is 2.05. The summed E-state index contributed by atoms with van der Waals surface area (Å²) < 4.78 is 4.58. The van der Waals surface area contributed by atoms with Crippen LogP contribution < -0.4 is 0 Å². The smallest absolute Gasteiger partial charge is 0.356 e. The summed E-state index contributed by atoms with van der Waals surface area (Å²) in [5.74, 6) is -1.01. The molecule has 0 radical (unpaired) electrons. The molecule has 0 saturated heterocycles. The minimum atomic E-state index is -0.749. The van der Waals surface area contributed by atoms with E-state index in [1.807, 2.05) is 6.07 Å². The highest BCUT2D eigenvalue weighted by Crippen LogP contribution is 2.26. The average molecular weight is 198 g/mol. The van der Waals surface area contributed by atoms with Gasteiger partial charge in [0, 0.05) is 0 Å². The summed E-state index contributed by atoms with van der Waals surface area (Å²) in [5, 5.41) is 16.2. The summed E-state index contributed by atoms with van der Waals surface area (Å²) in [4.78, 5) is 11.2. The Balaban J connectivity index is 2.62. The fourth-order valence-corrected chi connectivity index (χ4v) is 1.39. The van der Waals surface area contributed by atoms with Gasteiger partial charge < -0.3 is 4.74 Å². The number of cyclic esters (lactones) is 1. The number of ether oxygens (including phenoxy) is 1. The topological polar surface area (TPSA) is 73.9 Å². The van der Waals surface area contributed by atoms with Gasteiger partial charge in [0.2, 0.25) is 5.90 Å². The summed E-state index contributed by atoms with van der Waals surface area (Å²) in [5.41, 5.74) is 0.805. The second-order valence-corrected chi connectivity index (χ2v) is 2.95. The molecule has 0 unspecified atom stereocenters. The Kier molecular flexibility index (Phi) is 2.07. The SMILES string of the molecule is N#CC1=C(c2ccccc2)C(=N)OC1=O. The van der Waals surface area contributed by atoms with Gasteiger partial charge in [0.25, 0.3) is 0 Å². The van der Waals surface area contributed by atoms with Crippen LogP contribution in [0.15, 0.2) is 35.9 Å². The molecule has 0 aliphatic carbocycles. The van der Waals surface area contributed by atoms with Gasteiger partial charge in [0.15, 0.2) is 5.57 Å². The van der Waals surface area contributed by atoms with E-state index in [-0.39, 0.29) is 17.0 Å². The fraction of sp³-hybridized carbons (Fsp3) is 0. The number of carbonyl (C=O) groups excluding carboxylic acids is 1. The van der Waals surface area contributed by atoms with Crippen LogP contribution >= 0.6 is 0 Å². The van der Waals surface area contributed by atoms with Crippen molar-refractivity contribution in [3.63, 3.8) is 0 Å². The number of nitrogens with one attached hydrogen (secondary N) is 1. The van der Waals surface area contributed by atoms with E-state index in [9.17, 15) is 4.79 Å². The van der Waals surface area contributed by atoms with Gasteiger partial charge in [0.1, 0.15) is 6.07 Å². The van der Waals surface area contributed by atoms with Crippen LogP contribution in [0.2, 0.25) is 0 Å². The number of nitriles is 1. The number of benzene rings is 1. The molecular formula is C11H6N2O2. The lowest BCUT2D eigenvalue weighted by atomic mass is 10.0. The summed E-state index contributed by atoms with van der Waals surface area (Å²) in [6.45, 7) is 0. The monoisotopic (exact) mass is 198 g/mol. The van der Waals surface area contributed by atoms with Gasteiger partial charge in [-0.2, -0.15) is 5.26 Å². The predicted molar refractivity (Wildman–Crippen MR) is 52.8 cm³/mol. The Morgan fingerprint density at radius 2 is 1.93 bits per heavy atom. The van der Waals surface area contributed by atoms with Crippen LogP contribution in [0.3, 0.4) is 0 Å². The normalized spacial score (nSPS) is 15.1. The molecule has 4 nitrogen and oxygen atoms in total. The lowest BCUT2D eigenvalue weighted by Gasteiger charge is -1.99. The van der Waals surface area contributed by atoms with E-state index in [1.54, 1.807) is 30.3 Å². The molecule has 1 aromatic rings. The van der Waals surface area contributed by atoms with Gasteiger partial charge >= 0.3 is 5.97 Å². The van der Waals surface area contributed by atoms with Gasteiger partial charge in [-0.05, 0) is 5.56 Å². The molecule has 4 heteroatoms. The van der Waals surface area contributed by atoms with Crippen LogP contribution in [0, 0.1) is 16.7 Å². The quantitative estimate of drug-likeness (QED) is 0.695. The Bertz CT molecular complexity index is 509. The van der Waals surface area contributed by atoms with Gasteiger partial charge in [-0.1, -0.05) is 30.3 Å². The van der Waals surface area contributed by atoms with E-state index in [2.05, 4.69) is 4.74 Å². The van der Waals surface area contributed by atoms with Crippen LogP contribution in [0.25, 0.3) is 5.57 Å². The average Bonchev–Trinajstić information content (AvgIpc) is 2.54. The molecule has 15 heavy (non-hydrogen) atoms. The van der Waals surface area contributed by atoms with Crippen molar-refractivity contribution < 1.29 is 9.53 Å². The van der Waals surface area contributed by atoms with E-state index < -0.39 is 5.97 Å². The van der Waals surface area contributed by atoms with Crippen molar-refractivity contribution in [2.75, 3.05) is 0 Å². The molecule has 0 spiro atoms. The Morgan fingerprint density at radius 1 is 1.27 bits per heavy atom. The van der Waals surface area contributed by atoms with Gasteiger partial charge in [0.05, 0.1) is 5.57 Å². The third kappa shape index (κ3) is 1.40. The highest BCUT2D eigenvalue weighted by atomic mass is 16.5. The summed E-state index contributed by atoms with van der Waals surface area (Å²) in [6, 6.07) is 10.6. The van der Waals surface area contributed by atoms with Crippen LogP contribution in [-0.2, 0) is 9.53 Å². The summed E-state index contributed by atoms with van der Waals surface area (Å²) >= 11 is 0. The van der Waals surface area contributed by atoms with Crippen LogP contribution in [0.4, 0.5) is 0 Å². The standard InChI is InChI=1S/C11H6N2O2/c12-6-8-9(10(13)15-11(8)14)7-4-2-1-3-5-7/h1-5,13H. The van der Waals surface area contributed by atoms with Gasteiger partial charge in [-0.15, -0.1) is 0 Å². The third-order valence-electron chi connectivity index (χ3n) is 2.05. The van der Waals surface area contributed by atoms with E-state index in [0.717, 1.165) is 0 Å². The lowest BCUT2D eigenvalue weighted by Crippen LogP contribution is -2.00. The van der Waals surface area contributed by atoms with Crippen LogP contribution in [0.5, 0.6) is 0 Å². The number of esters is 1. The van der Waals surface area contributed by atoms with Crippen molar-refractivity contribution in [1.82, 2.24) is 0 Å². The molecule has 0 fully saturated rings. The Hall–Kier alpha value is -2.41. The first-order chi connectivity index (χ1) is 7.24. The van der Waals surface area contributed by atoms with Crippen LogP contribution in [-0.4, -0.2) is 11.9 Å². The number of hydrogen-bond donors (Lipinski definition) is 1. The summed E-state index contributed by atoms with van der Waals surface area (Å²) in [6.07, 6.45) is 0. The van der Waals surface area contributed by atoms with E-state index >= 15 is 0 Å². The molecule has 0 bridgehead atoms. The zero-order chi connectivity index (χ0) is 10.8. The molecule has 1 aromatic carbocycles. The van der Waals surface area contributed by atoms with Crippen molar-refractivity contribution in [1.29, 1.82) is 10.7 Å². The molecule has 0 saturated carbocycles. The molecule has 0 amide bonds. The maximum absolute atomic E-state index is 11.2. The zero-order valence-electron chi connectivity index (χ0n) is 7.65. The maximum atomic E-state index is 11.2. The number of hydrogen-bond acceptors (Lipinski definition) is 4. The molecule has 1 heterocycles. The van der Waals surface area contributed by atoms with Crippen LogP contribution in [0.1, 0.15) is 5.56 Å². The van der Waals surface area contributed by atoms with Crippen molar-refractivity contribution in [3.05, 3.63) is 41.5 Å². The van der Waals surface area contributed by atoms with Crippen molar-refractivity contribution in [2.45, 2.75) is 0 Å². The minimum absolute atomic E-state index is 0.105. The molecule has 72 valence electrons. The zero-order valence-corrected chi connectivity index (χ0v) is 7.65. The maximum Gasteiger partial charge on any atom is 0.356 e. The fourth-order valence-electron chi connectivity index (χ4n) is 1.39. The molecule has 1 N–H and O–H groups in total.